The van der Waals surface area contributed by atoms with E-state index < -0.39 is 0 Å². The first-order chi connectivity index (χ1) is 10.3. The van der Waals surface area contributed by atoms with Gasteiger partial charge in [0.1, 0.15) is 0 Å². The van der Waals surface area contributed by atoms with E-state index in [4.69, 9.17) is 0 Å². The highest BCUT2D eigenvalue weighted by Crippen LogP contribution is 2.50. The molecule has 21 heavy (non-hydrogen) atoms. The van der Waals surface area contributed by atoms with Gasteiger partial charge >= 0.3 is 0 Å². The second kappa shape index (κ2) is 4.77. The molecule has 2 aliphatic rings. The summed E-state index contributed by atoms with van der Waals surface area (Å²) in [6, 6.07) is 15.9. The molecule has 1 nitrogen and oxygen atoms in total. The van der Waals surface area contributed by atoms with E-state index in [9.17, 15) is 0 Å². The molecule has 0 fully saturated rings. The van der Waals surface area contributed by atoms with Crippen molar-refractivity contribution >= 4 is 5.69 Å². The van der Waals surface area contributed by atoms with Crippen LogP contribution in [0.3, 0.4) is 0 Å². The molecule has 3 atom stereocenters. The first kappa shape index (κ1) is 12.7. The zero-order valence-electron chi connectivity index (χ0n) is 12.6. The number of hydrogen-bond acceptors (Lipinski definition) is 1. The van der Waals surface area contributed by atoms with E-state index >= 15 is 0 Å². The van der Waals surface area contributed by atoms with Crippen molar-refractivity contribution in [1.29, 1.82) is 0 Å². The second-order valence-electron chi connectivity index (χ2n) is 6.36. The Morgan fingerprint density at radius 1 is 1.00 bits per heavy atom. The third-order valence-corrected chi connectivity index (χ3v) is 5.23. The molecule has 0 aromatic heterocycles. The van der Waals surface area contributed by atoms with Crippen LogP contribution in [0.15, 0.2) is 54.6 Å². The number of nitrogens with one attached hydrogen (secondary N) is 1. The van der Waals surface area contributed by atoms with Gasteiger partial charge in [0.25, 0.3) is 0 Å². The van der Waals surface area contributed by atoms with Crippen molar-refractivity contribution in [3.05, 3.63) is 76.9 Å². The fourth-order valence-corrected chi connectivity index (χ4v) is 3.91. The number of benzene rings is 2. The Balaban J connectivity index is 1.85. The van der Waals surface area contributed by atoms with Crippen molar-refractivity contribution in [3.8, 4) is 0 Å². The Morgan fingerprint density at radius 3 is 2.62 bits per heavy atom. The molecule has 0 saturated carbocycles. The van der Waals surface area contributed by atoms with E-state index in [1.165, 1.54) is 34.4 Å². The summed E-state index contributed by atoms with van der Waals surface area (Å²) >= 11 is 0. The van der Waals surface area contributed by atoms with Crippen LogP contribution in [0.5, 0.6) is 0 Å². The zero-order valence-corrected chi connectivity index (χ0v) is 12.6. The van der Waals surface area contributed by atoms with Crippen LogP contribution in [0.25, 0.3) is 0 Å². The molecule has 1 aliphatic carbocycles. The minimum absolute atomic E-state index is 0.416. The molecule has 1 heterocycles. The summed E-state index contributed by atoms with van der Waals surface area (Å²) in [6.45, 7) is 4.44. The largest absolute Gasteiger partial charge is 0.377 e. The summed E-state index contributed by atoms with van der Waals surface area (Å²) in [5, 5.41) is 3.85. The molecule has 4 rings (SSSR count). The topological polar surface area (TPSA) is 12.0 Å². The first-order valence-electron chi connectivity index (χ1n) is 7.84. The van der Waals surface area contributed by atoms with Gasteiger partial charge in [-0.2, -0.15) is 0 Å². The lowest BCUT2D eigenvalue weighted by molar-refractivity contribution is 0.425. The summed E-state index contributed by atoms with van der Waals surface area (Å²) in [5.41, 5.74) is 7.00. The summed E-state index contributed by atoms with van der Waals surface area (Å²) in [6.07, 6.45) is 5.94. The van der Waals surface area contributed by atoms with Gasteiger partial charge in [-0.05, 0) is 48.4 Å². The second-order valence-corrected chi connectivity index (χ2v) is 6.36. The molecular weight excluding hydrogens is 254 g/mol. The van der Waals surface area contributed by atoms with Gasteiger partial charge in [-0.1, -0.05) is 54.6 Å². The molecule has 0 unspecified atom stereocenters. The van der Waals surface area contributed by atoms with Crippen LogP contribution in [-0.4, -0.2) is 0 Å². The summed E-state index contributed by atoms with van der Waals surface area (Å²) < 4.78 is 0. The molecule has 1 heteroatoms. The van der Waals surface area contributed by atoms with Crippen LogP contribution < -0.4 is 5.32 Å². The molecule has 0 spiro atoms. The monoisotopic (exact) mass is 275 g/mol. The van der Waals surface area contributed by atoms with E-state index in [1.54, 1.807) is 0 Å². The maximum absolute atomic E-state index is 3.85. The van der Waals surface area contributed by atoms with Gasteiger partial charge in [0.2, 0.25) is 0 Å². The van der Waals surface area contributed by atoms with Crippen molar-refractivity contribution in [2.45, 2.75) is 32.2 Å². The number of anilines is 1. The van der Waals surface area contributed by atoms with Crippen molar-refractivity contribution in [1.82, 2.24) is 0 Å². The average molecular weight is 275 g/mol. The van der Waals surface area contributed by atoms with Crippen molar-refractivity contribution < 1.29 is 0 Å². The van der Waals surface area contributed by atoms with Crippen LogP contribution in [0.2, 0.25) is 0 Å². The number of hydrogen-bond donors (Lipinski definition) is 1. The molecule has 0 saturated heterocycles. The number of rotatable bonds is 1. The lowest BCUT2D eigenvalue weighted by atomic mass is 9.76. The van der Waals surface area contributed by atoms with Gasteiger partial charge < -0.3 is 5.32 Å². The first-order valence-corrected chi connectivity index (χ1v) is 7.84. The fourth-order valence-electron chi connectivity index (χ4n) is 3.91. The van der Waals surface area contributed by atoms with Gasteiger partial charge in [-0.3, -0.25) is 0 Å². The minimum Gasteiger partial charge on any atom is -0.377 e. The molecule has 106 valence electrons. The standard InChI is InChI=1S/C20H21N/c1-13-11-12-18-16-9-6-10-17(16)20(21-19(18)14(13)2)15-7-4-3-5-8-15/h3-9,11-12,16-17,20-21H,10H2,1-2H3/t16-,17+,20+/m0/s1. The summed E-state index contributed by atoms with van der Waals surface area (Å²) in [4.78, 5) is 0. The lowest BCUT2D eigenvalue weighted by Crippen LogP contribution is -2.29. The van der Waals surface area contributed by atoms with Crippen molar-refractivity contribution in [2.75, 3.05) is 5.32 Å². The Morgan fingerprint density at radius 2 is 1.81 bits per heavy atom. The van der Waals surface area contributed by atoms with Gasteiger partial charge in [0, 0.05) is 11.6 Å². The van der Waals surface area contributed by atoms with E-state index in [2.05, 4.69) is 73.8 Å². The molecular formula is C20H21N. The molecule has 2 aromatic rings. The van der Waals surface area contributed by atoms with E-state index in [-0.39, 0.29) is 0 Å². The molecule has 2 aromatic carbocycles. The van der Waals surface area contributed by atoms with Crippen LogP contribution in [-0.2, 0) is 0 Å². The maximum atomic E-state index is 3.85. The normalized spacial score (nSPS) is 26.1. The van der Waals surface area contributed by atoms with Crippen LogP contribution in [0, 0.1) is 19.8 Å². The summed E-state index contributed by atoms with van der Waals surface area (Å²) in [7, 11) is 0. The van der Waals surface area contributed by atoms with E-state index in [1.807, 2.05) is 0 Å². The molecule has 1 N–H and O–H groups in total. The third kappa shape index (κ3) is 1.91. The Labute approximate surface area is 126 Å². The minimum atomic E-state index is 0.416. The van der Waals surface area contributed by atoms with Gasteiger partial charge in [0.15, 0.2) is 0 Å². The van der Waals surface area contributed by atoms with Gasteiger partial charge in [-0.25, -0.2) is 0 Å². The van der Waals surface area contributed by atoms with Crippen LogP contribution in [0.4, 0.5) is 5.69 Å². The van der Waals surface area contributed by atoms with E-state index in [0.29, 0.717) is 17.9 Å². The highest BCUT2D eigenvalue weighted by atomic mass is 15.0. The van der Waals surface area contributed by atoms with Crippen LogP contribution >= 0.6 is 0 Å². The molecule has 1 aliphatic heterocycles. The summed E-state index contributed by atoms with van der Waals surface area (Å²) in [5.74, 6) is 1.20. The molecule has 0 bridgehead atoms. The molecule has 0 radical (unpaired) electrons. The number of fused-ring (bicyclic) bond motifs is 3. The highest BCUT2D eigenvalue weighted by Gasteiger charge is 2.38. The fraction of sp³-hybridized carbons (Fsp3) is 0.300. The Kier molecular flexibility index (Phi) is 2.88. The lowest BCUT2D eigenvalue weighted by Gasteiger charge is -2.38. The predicted octanol–water partition coefficient (Wildman–Crippen LogP) is 5.13. The van der Waals surface area contributed by atoms with Crippen molar-refractivity contribution in [2.24, 2.45) is 5.92 Å². The smallest absolute Gasteiger partial charge is 0.0554 e. The van der Waals surface area contributed by atoms with Gasteiger partial charge in [0.05, 0.1) is 6.04 Å². The van der Waals surface area contributed by atoms with E-state index in [0.717, 1.165) is 0 Å². The Bertz CT molecular complexity index is 699. The number of aryl methyl sites for hydroxylation is 1. The van der Waals surface area contributed by atoms with Gasteiger partial charge in [-0.15, -0.1) is 0 Å². The molecule has 0 amide bonds. The quantitative estimate of drug-likeness (QED) is 0.711. The Hall–Kier alpha value is -2.02. The number of allylic oxidation sites excluding steroid dienone is 2. The van der Waals surface area contributed by atoms with Crippen molar-refractivity contribution in [3.63, 3.8) is 0 Å². The maximum Gasteiger partial charge on any atom is 0.0554 e. The average Bonchev–Trinajstić information content (AvgIpc) is 3.00. The third-order valence-electron chi connectivity index (χ3n) is 5.23. The predicted molar refractivity (Wildman–Crippen MR) is 88.7 cm³/mol. The zero-order chi connectivity index (χ0) is 14.4. The SMILES string of the molecule is Cc1ccc2c(c1C)N[C@H](c1ccccc1)[C@@H]1CC=C[C@H]21. The van der Waals surface area contributed by atoms with Crippen LogP contribution in [0.1, 0.15) is 40.6 Å². The highest BCUT2D eigenvalue weighted by molar-refractivity contribution is 5.65.